The molecular weight excluding hydrogens is 181 g/mol. The molecule has 0 amide bonds. The molecule has 0 aliphatic heterocycles. The van der Waals surface area contributed by atoms with E-state index in [4.69, 9.17) is 5.73 Å². The van der Waals surface area contributed by atoms with Crippen molar-refractivity contribution in [1.29, 1.82) is 0 Å². The van der Waals surface area contributed by atoms with Gasteiger partial charge in [-0.05, 0) is 24.1 Å². The second-order valence-electron chi connectivity index (χ2n) is 3.61. The van der Waals surface area contributed by atoms with Crippen molar-refractivity contribution in [3.05, 3.63) is 29.6 Å². The molecule has 78 valence electrons. The van der Waals surface area contributed by atoms with Crippen molar-refractivity contribution in [1.82, 2.24) is 0 Å². The maximum Gasteiger partial charge on any atom is 0.123 e. The third-order valence-corrected chi connectivity index (χ3v) is 2.61. The second-order valence-corrected chi connectivity index (χ2v) is 3.61. The summed E-state index contributed by atoms with van der Waals surface area (Å²) < 4.78 is 12.9. The largest absolute Gasteiger partial charge is 0.508 e. The summed E-state index contributed by atoms with van der Waals surface area (Å²) in [7, 11) is 0. The van der Waals surface area contributed by atoms with Crippen LogP contribution in [0.5, 0.6) is 5.75 Å². The van der Waals surface area contributed by atoms with Crippen LogP contribution in [0.15, 0.2) is 18.2 Å². The zero-order chi connectivity index (χ0) is 10.7. The van der Waals surface area contributed by atoms with Crippen LogP contribution in [0.25, 0.3) is 0 Å². The van der Waals surface area contributed by atoms with Gasteiger partial charge in [-0.3, -0.25) is 0 Å². The van der Waals surface area contributed by atoms with E-state index in [9.17, 15) is 9.50 Å². The SMILES string of the molecule is CCC(C)[C@@H](N)c1cc(F)ccc1O. The van der Waals surface area contributed by atoms with Gasteiger partial charge in [0.25, 0.3) is 0 Å². The minimum Gasteiger partial charge on any atom is -0.508 e. The van der Waals surface area contributed by atoms with Crippen LogP contribution in [0.1, 0.15) is 31.9 Å². The van der Waals surface area contributed by atoms with E-state index in [-0.39, 0.29) is 23.5 Å². The van der Waals surface area contributed by atoms with Crippen molar-refractivity contribution >= 4 is 0 Å². The maximum atomic E-state index is 12.9. The Morgan fingerprint density at radius 3 is 2.71 bits per heavy atom. The molecule has 0 spiro atoms. The summed E-state index contributed by atoms with van der Waals surface area (Å²) in [6.07, 6.45) is 0.900. The van der Waals surface area contributed by atoms with Gasteiger partial charge < -0.3 is 10.8 Å². The highest BCUT2D eigenvalue weighted by atomic mass is 19.1. The van der Waals surface area contributed by atoms with E-state index in [1.54, 1.807) is 0 Å². The zero-order valence-corrected chi connectivity index (χ0v) is 8.50. The molecule has 0 bridgehead atoms. The summed E-state index contributed by atoms with van der Waals surface area (Å²) in [4.78, 5) is 0. The molecule has 14 heavy (non-hydrogen) atoms. The van der Waals surface area contributed by atoms with Crippen molar-refractivity contribution in [2.24, 2.45) is 11.7 Å². The lowest BCUT2D eigenvalue weighted by Crippen LogP contribution is -2.18. The lowest BCUT2D eigenvalue weighted by Gasteiger charge is -2.19. The number of aromatic hydroxyl groups is 1. The molecule has 0 aromatic heterocycles. The number of rotatable bonds is 3. The Morgan fingerprint density at radius 2 is 2.14 bits per heavy atom. The molecule has 0 saturated heterocycles. The Morgan fingerprint density at radius 1 is 1.50 bits per heavy atom. The molecule has 1 aromatic rings. The molecule has 0 saturated carbocycles. The highest BCUT2D eigenvalue weighted by molar-refractivity contribution is 5.35. The van der Waals surface area contributed by atoms with E-state index in [0.717, 1.165) is 6.42 Å². The van der Waals surface area contributed by atoms with E-state index in [1.165, 1.54) is 18.2 Å². The lowest BCUT2D eigenvalue weighted by molar-refractivity contribution is 0.416. The Labute approximate surface area is 83.6 Å². The van der Waals surface area contributed by atoms with Gasteiger partial charge in [0.05, 0.1) is 0 Å². The van der Waals surface area contributed by atoms with Gasteiger partial charge in [0.2, 0.25) is 0 Å². The molecule has 0 radical (unpaired) electrons. The molecule has 1 unspecified atom stereocenters. The van der Waals surface area contributed by atoms with Crippen molar-refractivity contribution in [3.63, 3.8) is 0 Å². The van der Waals surface area contributed by atoms with Crippen LogP contribution in [-0.4, -0.2) is 5.11 Å². The topological polar surface area (TPSA) is 46.2 Å². The molecule has 0 heterocycles. The fourth-order valence-corrected chi connectivity index (χ4v) is 1.35. The molecule has 0 aliphatic rings. The number of hydrogen-bond acceptors (Lipinski definition) is 2. The monoisotopic (exact) mass is 197 g/mol. The summed E-state index contributed by atoms with van der Waals surface area (Å²) in [5.74, 6) is -0.0709. The summed E-state index contributed by atoms with van der Waals surface area (Å²) >= 11 is 0. The Kier molecular flexibility index (Phi) is 3.47. The zero-order valence-electron chi connectivity index (χ0n) is 8.50. The smallest absolute Gasteiger partial charge is 0.123 e. The van der Waals surface area contributed by atoms with Gasteiger partial charge >= 0.3 is 0 Å². The lowest BCUT2D eigenvalue weighted by atomic mass is 9.93. The fourth-order valence-electron chi connectivity index (χ4n) is 1.35. The predicted molar refractivity (Wildman–Crippen MR) is 54.4 cm³/mol. The summed E-state index contributed by atoms with van der Waals surface area (Å²) in [5, 5.41) is 9.50. The van der Waals surface area contributed by atoms with E-state index >= 15 is 0 Å². The first kappa shape index (κ1) is 11.0. The standard InChI is InChI=1S/C11H16FNO/c1-3-7(2)11(13)9-6-8(12)4-5-10(9)14/h4-7,11,14H,3,13H2,1-2H3/t7?,11-/m1/s1. The van der Waals surface area contributed by atoms with Crippen molar-refractivity contribution in [3.8, 4) is 5.75 Å². The third kappa shape index (κ3) is 2.23. The number of phenols is 1. The molecule has 0 fully saturated rings. The third-order valence-electron chi connectivity index (χ3n) is 2.61. The highest BCUT2D eigenvalue weighted by Gasteiger charge is 2.17. The number of hydrogen-bond donors (Lipinski definition) is 2. The quantitative estimate of drug-likeness (QED) is 0.782. The van der Waals surface area contributed by atoms with E-state index in [2.05, 4.69) is 0 Å². The van der Waals surface area contributed by atoms with Crippen molar-refractivity contribution in [2.45, 2.75) is 26.3 Å². The van der Waals surface area contributed by atoms with E-state index in [1.807, 2.05) is 13.8 Å². The van der Waals surface area contributed by atoms with Gasteiger partial charge in [0.1, 0.15) is 11.6 Å². The summed E-state index contributed by atoms with van der Waals surface area (Å²) in [6, 6.07) is 3.55. The number of benzene rings is 1. The Hall–Kier alpha value is -1.09. The van der Waals surface area contributed by atoms with Crippen LogP contribution >= 0.6 is 0 Å². The van der Waals surface area contributed by atoms with Gasteiger partial charge in [0.15, 0.2) is 0 Å². The normalized spacial score (nSPS) is 15.1. The van der Waals surface area contributed by atoms with Gasteiger partial charge in [-0.1, -0.05) is 20.3 Å². The number of halogens is 1. The second kappa shape index (κ2) is 4.42. The van der Waals surface area contributed by atoms with Crippen LogP contribution in [-0.2, 0) is 0 Å². The molecular formula is C11H16FNO. The van der Waals surface area contributed by atoms with Gasteiger partial charge in [-0.2, -0.15) is 0 Å². The van der Waals surface area contributed by atoms with E-state index in [0.29, 0.717) is 5.56 Å². The minimum atomic E-state index is -0.364. The first-order valence-corrected chi connectivity index (χ1v) is 4.80. The van der Waals surface area contributed by atoms with Crippen LogP contribution in [0.2, 0.25) is 0 Å². The first-order chi connectivity index (χ1) is 6.56. The van der Waals surface area contributed by atoms with E-state index < -0.39 is 0 Å². The molecule has 3 N–H and O–H groups in total. The van der Waals surface area contributed by atoms with Crippen molar-refractivity contribution in [2.75, 3.05) is 0 Å². The number of phenolic OH excluding ortho intramolecular Hbond substituents is 1. The molecule has 3 heteroatoms. The maximum absolute atomic E-state index is 12.9. The average molecular weight is 197 g/mol. The van der Waals surface area contributed by atoms with Gasteiger partial charge in [-0.15, -0.1) is 0 Å². The van der Waals surface area contributed by atoms with Crippen LogP contribution in [0.4, 0.5) is 4.39 Å². The summed E-state index contributed by atoms with van der Waals surface area (Å²) in [6.45, 7) is 4.00. The summed E-state index contributed by atoms with van der Waals surface area (Å²) in [5.41, 5.74) is 6.38. The van der Waals surface area contributed by atoms with Gasteiger partial charge in [0, 0.05) is 11.6 Å². The first-order valence-electron chi connectivity index (χ1n) is 4.80. The van der Waals surface area contributed by atoms with Crippen LogP contribution in [0.3, 0.4) is 0 Å². The minimum absolute atomic E-state index is 0.0687. The van der Waals surface area contributed by atoms with Crippen LogP contribution in [0, 0.1) is 11.7 Å². The molecule has 1 rings (SSSR count). The fraction of sp³-hybridized carbons (Fsp3) is 0.455. The molecule has 0 aliphatic carbocycles. The Balaban J connectivity index is 2.99. The predicted octanol–water partition coefficient (Wildman–Crippen LogP) is 2.58. The Bertz CT molecular complexity index is 314. The van der Waals surface area contributed by atoms with Gasteiger partial charge in [-0.25, -0.2) is 4.39 Å². The molecule has 2 atom stereocenters. The highest BCUT2D eigenvalue weighted by Crippen LogP contribution is 2.29. The molecule has 2 nitrogen and oxygen atoms in total. The molecule has 1 aromatic carbocycles. The number of nitrogens with two attached hydrogens (primary N) is 1. The van der Waals surface area contributed by atoms with Crippen LogP contribution < -0.4 is 5.73 Å². The van der Waals surface area contributed by atoms with Crippen molar-refractivity contribution < 1.29 is 9.50 Å². The average Bonchev–Trinajstić information content (AvgIpc) is 2.19.